The molecule has 3 nitrogen and oxygen atoms in total. The minimum atomic E-state index is -0.106. The van der Waals surface area contributed by atoms with Crippen molar-refractivity contribution in [2.24, 2.45) is 4.99 Å². The molecule has 0 aromatic carbocycles. The maximum Gasteiger partial charge on any atom is 0.273 e. The molecule has 17 heavy (non-hydrogen) atoms. The molecule has 0 aromatic rings. The van der Waals surface area contributed by atoms with E-state index in [1.807, 2.05) is 34.0 Å². The summed E-state index contributed by atoms with van der Waals surface area (Å²) in [5, 5.41) is 0. The van der Waals surface area contributed by atoms with Crippen molar-refractivity contribution in [3.8, 4) is 0 Å². The molecular weight excluding hydrogens is 212 g/mol. The summed E-state index contributed by atoms with van der Waals surface area (Å²) in [6.07, 6.45) is 2.95. The fraction of sp³-hybridized carbons (Fsp3) is 0.429. The number of hydrogen-bond acceptors (Lipinski definition) is 2. The van der Waals surface area contributed by atoms with Crippen LogP contribution in [-0.4, -0.2) is 30.6 Å². The number of hydrogen-bond donors (Lipinski definition) is 0. The van der Waals surface area contributed by atoms with Gasteiger partial charge in [0.15, 0.2) is 0 Å². The van der Waals surface area contributed by atoms with Gasteiger partial charge in [0.05, 0.1) is 5.71 Å². The summed E-state index contributed by atoms with van der Waals surface area (Å²) in [6, 6.07) is 0. The highest BCUT2D eigenvalue weighted by Crippen LogP contribution is 2.32. The third kappa shape index (κ3) is 1.86. The van der Waals surface area contributed by atoms with Crippen LogP contribution in [0.2, 0.25) is 0 Å². The van der Waals surface area contributed by atoms with E-state index in [9.17, 15) is 4.79 Å². The van der Waals surface area contributed by atoms with Gasteiger partial charge in [-0.1, -0.05) is 5.57 Å². The summed E-state index contributed by atoms with van der Waals surface area (Å²) in [5.41, 5.74) is 6.32. The zero-order valence-corrected chi connectivity index (χ0v) is 11.1. The van der Waals surface area contributed by atoms with Gasteiger partial charge in [-0.3, -0.25) is 4.79 Å². The SMILES string of the molecule is CC1=C2C(=NC(=O)C(C)=C2C)C=C(N(C)C)C1. The van der Waals surface area contributed by atoms with Gasteiger partial charge in [-0.25, -0.2) is 4.99 Å². The Bertz CT molecular complexity index is 516. The number of fused-ring (bicyclic) bond motifs is 1. The number of amides is 1. The highest BCUT2D eigenvalue weighted by atomic mass is 16.1. The molecule has 2 rings (SSSR count). The lowest BCUT2D eigenvalue weighted by Crippen LogP contribution is -2.23. The van der Waals surface area contributed by atoms with E-state index in [0.717, 1.165) is 28.9 Å². The summed E-state index contributed by atoms with van der Waals surface area (Å²) in [6.45, 7) is 5.98. The molecule has 0 bridgehead atoms. The lowest BCUT2D eigenvalue weighted by molar-refractivity contribution is -0.114. The van der Waals surface area contributed by atoms with Crippen molar-refractivity contribution in [3.63, 3.8) is 0 Å². The molecule has 0 fully saturated rings. The van der Waals surface area contributed by atoms with Crippen molar-refractivity contribution >= 4 is 11.6 Å². The zero-order chi connectivity index (χ0) is 12.7. The molecule has 0 spiro atoms. The van der Waals surface area contributed by atoms with E-state index in [0.29, 0.717) is 0 Å². The molecule has 2 aliphatic rings. The molecule has 0 aromatic heterocycles. The van der Waals surface area contributed by atoms with E-state index < -0.39 is 0 Å². The second-order valence-corrected chi connectivity index (χ2v) is 4.91. The van der Waals surface area contributed by atoms with Crippen LogP contribution in [0.4, 0.5) is 0 Å². The molecular formula is C14H18N2O. The van der Waals surface area contributed by atoms with Crippen LogP contribution < -0.4 is 0 Å². The van der Waals surface area contributed by atoms with Crippen molar-refractivity contribution in [2.75, 3.05) is 14.1 Å². The Morgan fingerprint density at radius 1 is 1.18 bits per heavy atom. The van der Waals surface area contributed by atoms with E-state index in [1.165, 1.54) is 11.3 Å². The van der Waals surface area contributed by atoms with Gasteiger partial charge in [0.1, 0.15) is 0 Å². The summed E-state index contributed by atoms with van der Waals surface area (Å²) < 4.78 is 0. The largest absolute Gasteiger partial charge is 0.381 e. The molecule has 1 aliphatic carbocycles. The van der Waals surface area contributed by atoms with Gasteiger partial charge in [0.2, 0.25) is 0 Å². The number of rotatable bonds is 1. The van der Waals surface area contributed by atoms with Crippen molar-refractivity contribution in [2.45, 2.75) is 27.2 Å². The zero-order valence-electron chi connectivity index (χ0n) is 11.1. The van der Waals surface area contributed by atoms with E-state index in [-0.39, 0.29) is 5.91 Å². The van der Waals surface area contributed by atoms with Gasteiger partial charge in [0.25, 0.3) is 5.91 Å². The molecule has 0 unspecified atom stereocenters. The first-order chi connectivity index (χ1) is 7.91. The predicted molar refractivity (Wildman–Crippen MR) is 69.9 cm³/mol. The van der Waals surface area contributed by atoms with Crippen molar-refractivity contribution < 1.29 is 4.79 Å². The topological polar surface area (TPSA) is 32.7 Å². The number of carbonyl (C=O) groups excluding carboxylic acids is 1. The van der Waals surface area contributed by atoms with Crippen LogP contribution in [0.5, 0.6) is 0 Å². The van der Waals surface area contributed by atoms with Gasteiger partial charge >= 0.3 is 0 Å². The van der Waals surface area contributed by atoms with E-state index >= 15 is 0 Å². The van der Waals surface area contributed by atoms with Crippen LogP contribution in [-0.2, 0) is 4.79 Å². The smallest absolute Gasteiger partial charge is 0.273 e. The van der Waals surface area contributed by atoms with E-state index in [2.05, 4.69) is 16.8 Å². The summed E-state index contributed by atoms with van der Waals surface area (Å²) in [5.74, 6) is -0.106. The molecule has 1 heterocycles. The van der Waals surface area contributed by atoms with Gasteiger partial charge < -0.3 is 4.90 Å². The predicted octanol–water partition coefficient (Wildman–Crippen LogP) is 2.47. The first-order valence-corrected chi connectivity index (χ1v) is 5.80. The Morgan fingerprint density at radius 2 is 1.82 bits per heavy atom. The standard InChI is InChI=1S/C14H18N2O/c1-8-6-11(16(4)5)7-12-13(8)9(2)10(3)14(17)15-12/h7H,6H2,1-5H3. The van der Waals surface area contributed by atoms with Gasteiger partial charge in [-0.2, -0.15) is 0 Å². The lowest BCUT2D eigenvalue weighted by Gasteiger charge is -2.27. The quantitative estimate of drug-likeness (QED) is 0.693. The Balaban J connectivity index is 2.54. The third-order valence-electron chi connectivity index (χ3n) is 3.49. The van der Waals surface area contributed by atoms with E-state index in [1.54, 1.807) is 0 Å². The van der Waals surface area contributed by atoms with Crippen molar-refractivity contribution in [3.05, 3.63) is 34.1 Å². The minimum absolute atomic E-state index is 0.106. The highest BCUT2D eigenvalue weighted by molar-refractivity contribution is 6.22. The van der Waals surface area contributed by atoms with Gasteiger partial charge in [-0.15, -0.1) is 0 Å². The molecule has 1 aliphatic heterocycles. The number of carbonyl (C=O) groups is 1. The molecule has 0 saturated heterocycles. The minimum Gasteiger partial charge on any atom is -0.381 e. The fourth-order valence-electron chi connectivity index (χ4n) is 2.29. The molecule has 0 N–H and O–H groups in total. The molecule has 90 valence electrons. The van der Waals surface area contributed by atoms with Crippen molar-refractivity contribution in [1.29, 1.82) is 0 Å². The maximum absolute atomic E-state index is 11.7. The summed E-state index contributed by atoms with van der Waals surface area (Å²) in [4.78, 5) is 18.0. The molecule has 3 heteroatoms. The molecule has 0 atom stereocenters. The van der Waals surface area contributed by atoms with Gasteiger partial charge in [-0.05, 0) is 32.4 Å². The normalized spacial score (nSPS) is 20.2. The van der Waals surface area contributed by atoms with Crippen LogP contribution >= 0.6 is 0 Å². The van der Waals surface area contributed by atoms with Gasteiger partial charge in [0, 0.05) is 37.4 Å². The molecule has 0 radical (unpaired) electrons. The van der Waals surface area contributed by atoms with Crippen molar-refractivity contribution in [1.82, 2.24) is 4.90 Å². The first kappa shape index (κ1) is 11.8. The second-order valence-electron chi connectivity index (χ2n) is 4.91. The Kier molecular flexibility index (Phi) is 2.77. The number of nitrogens with zero attached hydrogens (tertiary/aromatic N) is 2. The monoisotopic (exact) mass is 230 g/mol. The fourth-order valence-corrected chi connectivity index (χ4v) is 2.29. The first-order valence-electron chi connectivity index (χ1n) is 5.80. The van der Waals surface area contributed by atoms with Crippen LogP contribution in [0.25, 0.3) is 0 Å². The second kappa shape index (κ2) is 3.99. The Hall–Kier alpha value is -1.64. The average molecular weight is 230 g/mol. The van der Waals surface area contributed by atoms with Crippen LogP contribution in [0, 0.1) is 0 Å². The van der Waals surface area contributed by atoms with Crippen LogP contribution in [0.1, 0.15) is 27.2 Å². The summed E-state index contributed by atoms with van der Waals surface area (Å²) >= 11 is 0. The molecule has 0 saturated carbocycles. The summed E-state index contributed by atoms with van der Waals surface area (Å²) in [7, 11) is 4.03. The molecule has 1 amide bonds. The third-order valence-corrected chi connectivity index (χ3v) is 3.49. The van der Waals surface area contributed by atoms with Crippen LogP contribution in [0.3, 0.4) is 0 Å². The number of allylic oxidation sites excluding steroid dienone is 4. The van der Waals surface area contributed by atoms with E-state index in [4.69, 9.17) is 0 Å². The lowest BCUT2D eigenvalue weighted by atomic mass is 9.85. The Labute approximate surface area is 102 Å². The highest BCUT2D eigenvalue weighted by Gasteiger charge is 2.25. The number of aliphatic imine (C=N–C) groups is 1. The Morgan fingerprint density at radius 3 is 2.41 bits per heavy atom. The maximum atomic E-state index is 11.7. The average Bonchev–Trinajstić information content (AvgIpc) is 2.25. The van der Waals surface area contributed by atoms with Crippen LogP contribution in [0.15, 0.2) is 39.1 Å². The number of dihydropyridines is 1.